The van der Waals surface area contributed by atoms with Crippen LogP contribution in [0, 0.1) is 0 Å². The Labute approximate surface area is 170 Å². The van der Waals surface area contributed by atoms with Crippen molar-refractivity contribution in [3.05, 3.63) is 50.0 Å². The molecule has 156 valence electrons. The molecule has 1 fully saturated rings. The molecule has 1 aliphatic rings. The smallest absolute Gasteiger partial charge is 0.354 e. The topological polar surface area (TPSA) is 122 Å². The van der Waals surface area contributed by atoms with Crippen molar-refractivity contribution < 1.29 is 19.1 Å². The molecule has 0 radical (unpaired) electrons. The largest absolute Gasteiger partial charge is 0.464 e. The molecule has 9 nitrogen and oxygen atoms in total. The van der Waals surface area contributed by atoms with Crippen LogP contribution in [0.25, 0.3) is 21.8 Å². The lowest BCUT2D eigenvalue weighted by Gasteiger charge is -2.30. The minimum absolute atomic E-state index is 0.0130. The second-order valence-electron chi connectivity index (χ2n) is 7.19. The molecule has 0 bridgehead atoms. The Morgan fingerprint density at radius 2 is 1.40 bits per heavy atom. The number of hydrogen-bond donors (Lipinski definition) is 2. The molecule has 2 N–H and O–H groups in total. The zero-order valence-corrected chi connectivity index (χ0v) is 16.7. The summed E-state index contributed by atoms with van der Waals surface area (Å²) in [4.78, 5) is 57.9. The van der Waals surface area contributed by atoms with Crippen LogP contribution < -0.4 is 15.8 Å². The Morgan fingerprint density at radius 3 is 2.00 bits per heavy atom. The van der Waals surface area contributed by atoms with Crippen LogP contribution in [-0.4, -0.2) is 49.2 Å². The summed E-state index contributed by atoms with van der Waals surface area (Å²) in [6, 6.07) is 3.99. The van der Waals surface area contributed by atoms with Crippen LogP contribution in [0.15, 0.2) is 27.8 Å². The molecule has 9 heteroatoms. The lowest BCUT2D eigenvalue weighted by molar-refractivity contribution is 0.0586. The van der Waals surface area contributed by atoms with Gasteiger partial charge >= 0.3 is 11.9 Å². The number of carbonyl (C=O) groups excluding carboxylic acids is 2. The maximum atomic E-state index is 13.0. The van der Waals surface area contributed by atoms with Gasteiger partial charge in [0.2, 0.25) is 0 Å². The van der Waals surface area contributed by atoms with E-state index in [0.29, 0.717) is 11.2 Å². The maximum absolute atomic E-state index is 13.0. The van der Waals surface area contributed by atoms with E-state index in [0.717, 1.165) is 44.5 Å². The van der Waals surface area contributed by atoms with E-state index in [1.165, 1.54) is 14.2 Å². The van der Waals surface area contributed by atoms with Crippen molar-refractivity contribution in [3.8, 4) is 0 Å². The minimum Gasteiger partial charge on any atom is -0.464 e. The number of methoxy groups -OCH3 is 2. The molecular formula is C21H21N3O6. The standard InChI is InChI=1S/C21H21N3O6/c1-29-20(27)12-9-15(25)11-8-14(24-6-4-3-5-7-24)19-17(18(11)22-12)16(26)10-13(23-19)21(28)30-2/h8-10H,3-7H2,1-2H3,(H,22,25)(H,23,26). The fourth-order valence-corrected chi connectivity index (χ4v) is 3.94. The predicted octanol–water partition coefficient (Wildman–Crippen LogP) is 1.93. The van der Waals surface area contributed by atoms with Crippen LogP contribution in [0.4, 0.5) is 5.69 Å². The van der Waals surface area contributed by atoms with Crippen LogP contribution in [0.5, 0.6) is 0 Å². The van der Waals surface area contributed by atoms with E-state index in [9.17, 15) is 19.2 Å². The van der Waals surface area contributed by atoms with E-state index in [1.54, 1.807) is 6.07 Å². The first kappa shape index (κ1) is 19.7. The average molecular weight is 411 g/mol. The zero-order chi connectivity index (χ0) is 21.4. The van der Waals surface area contributed by atoms with Gasteiger partial charge in [0.15, 0.2) is 10.9 Å². The Hall–Kier alpha value is -3.62. The molecule has 1 saturated heterocycles. The molecule has 4 rings (SSSR count). The van der Waals surface area contributed by atoms with Gasteiger partial charge in [-0.1, -0.05) is 0 Å². The summed E-state index contributed by atoms with van der Waals surface area (Å²) in [5.41, 5.74) is 0.381. The third kappa shape index (κ3) is 3.22. The van der Waals surface area contributed by atoms with Gasteiger partial charge in [-0.05, 0) is 25.3 Å². The number of carbonyl (C=O) groups is 2. The summed E-state index contributed by atoms with van der Waals surface area (Å²) in [5, 5.41) is 0.482. The lowest BCUT2D eigenvalue weighted by Crippen LogP contribution is -2.30. The third-order valence-corrected chi connectivity index (χ3v) is 5.40. The molecule has 0 unspecified atom stereocenters. The normalized spacial score (nSPS) is 14.1. The van der Waals surface area contributed by atoms with Crippen LogP contribution in [0.1, 0.15) is 40.2 Å². The van der Waals surface area contributed by atoms with Crippen molar-refractivity contribution >= 4 is 39.4 Å². The van der Waals surface area contributed by atoms with Crippen LogP contribution >= 0.6 is 0 Å². The fourth-order valence-electron chi connectivity index (χ4n) is 3.94. The van der Waals surface area contributed by atoms with Crippen LogP contribution in [-0.2, 0) is 9.47 Å². The van der Waals surface area contributed by atoms with E-state index in [1.807, 2.05) is 0 Å². The quantitative estimate of drug-likeness (QED) is 0.499. The summed E-state index contributed by atoms with van der Waals surface area (Å²) in [6.45, 7) is 1.53. The molecule has 2 aromatic heterocycles. The minimum atomic E-state index is -0.718. The van der Waals surface area contributed by atoms with Gasteiger partial charge in [0.05, 0.1) is 36.3 Å². The van der Waals surface area contributed by atoms with E-state index in [-0.39, 0.29) is 27.7 Å². The number of hydrogen-bond acceptors (Lipinski definition) is 7. The number of H-pyrrole nitrogens is 2. The van der Waals surface area contributed by atoms with Crippen LogP contribution in [0.3, 0.4) is 0 Å². The highest BCUT2D eigenvalue weighted by atomic mass is 16.5. The molecule has 0 saturated carbocycles. The van der Waals surface area contributed by atoms with Crippen molar-refractivity contribution in [2.24, 2.45) is 0 Å². The molecule has 3 heterocycles. The van der Waals surface area contributed by atoms with Gasteiger partial charge < -0.3 is 24.3 Å². The third-order valence-electron chi connectivity index (χ3n) is 5.40. The van der Waals surface area contributed by atoms with E-state index in [2.05, 4.69) is 14.9 Å². The van der Waals surface area contributed by atoms with E-state index < -0.39 is 22.8 Å². The molecule has 1 aromatic carbocycles. The lowest BCUT2D eigenvalue weighted by atomic mass is 10.0. The molecule has 0 atom stereocenters. The Balaban J connectivity index is 2.13. The van der Waals surface area contributed by atoms with Gasteiger partial charge in [-0.2, -0.15) is 0 Å². The maximum Gasteiger partial charge on any atom is 0.354 e. The number of ether oxygens (including phenoxy) is 2. The van der Waals surface area contributed by atoms with Gasteiger partial charge in [-0.3, -0.25) is 9.59 Å². The molecule has 0 spiro atoms. The first-order valence-electron chi connectivity index (χ1n) is 9.63. The van der Waals surface area contributed by atoms with E-state index >= 15 is 0 Å². The number of nitrogens with zero attached hydrogens (tertiary/aromatic N) is 1. The van der Waals surface area contributed by atoms with Gasteiger partial charge in [0.25, 0.3) is 0 Å². The Bertz CT molecular complexity index is 1280. The zero-order valence-electron chi connectivity index (χ0n) is 16.7. The number of anilines is 1. The predicted molar refractivity (Wildman–Crippen MR) is 111 cm³/mol. The molecule has 0 amide bonds. The highest BCUT2D eigenvalue weighted by molar-refractivity contribution is 6.11. The van der Waals surface area contributed by atoms with Crippen molar-refractivity contribution in [3.63, 3.8) is 0 Å². The Kier molecular flexibility index (Phi) is 5.03. The van der Waals surface area contributed by atoms with Crippen LogP contribution in [0.2, 0.25) is 0 Å². The molecule has 0 aliphatic carbocycles. The van der Waals surface area contributed by atoms with Gasteiger partial charge in [-0.15, -0.1) is 0 Å². The highest BCUT2D eigenvalue weighted by Gasteiger charge is 2.22. The number of benzene rings is 1. The fraction of sp³-hybridized carbons (Fsp3) is 0.333. The first-order chi connectivity index (χ1) is 14.4. The van der Waals surface area contributed by atoms with Gasteiger partial charge in [-0.25, -0.2) is 9.59 Å². The molecule has 30 heavy (non-hydrogen) atoms. The van der Waals surface area contributed by atoms with Crippen molar-refractivity contribution in [2.45, 2.75) is 19.3 Å². The number of nitrogens with one attached hydrogen (secondary N) is 2. The summed E-state index contributed by atoms with van der Waals surface area (Å²) in [5.74, 6) is -1.39. The number of aromatic nitrogens is 2. The van der Waals surface area contributed by atoms with Crippen molar-refractivity contribution in [1.82, 2.24) is 9.97 Å². The monoisotopic (exact) mass is 411 g/mol. The number of esters is 2. The van der Waals surface area contributed by atoms with Gasteiger partial charge in [0, 0.05) is 30.6 Å². The summed E-state index contributed by atoms with van der Waals surface area (Å²) in [6.07, 6.45) is 3.07. The summed E-state index contributed by atoms with van der Waals surface area (Å²) < 4.78 is 9.46. The number of pyridine rings is 2. The highest BCUT2D eigenvalue weighted by Crippen LogP contribution is 2.31. The Morgan fingerprint density at radius 1 is 0.833 bits per heavy atom. The number of piperidine rings is 1. The van der Waals surface area contributed by atoms with Crippen molar-refractivity contribution in [2.75, 3.05) is 32.2 Å². The summed E-state index contributed by atoms with van der Waals surface area (Å²) >= 11 is 0. The second kappa shape index (κ2) is 7.66. The summed E-state index contributed by atoms with van der Waals surface area (Å²) in [7, 11) is 2.44. The average Bonchev–Trinajstić information content (AvgIpc) is 2.77. The number of fused-ring (bicyclic) bond motifs is 3. The molecular weight excluding hydrogens is 390 g/mol. The molecule has 3 aromatic rings. The van der Waals surface area contributed by atoms with Gasteiger partial charge in [0.1, 0.15) is 11.4 Å². The van der Waals surface area contributed by atoms with E-state index in [4.69, 9.17) is 9.47 Å². The second-order valence-corrected chi connectivity index (χ2v) is 7.19. The molecule has 1 aliphatic heterocycles. The SMILES string of the molecule is COC(=O)c1cc(=O)c2c([nH]1)c(N1CCCCC1)cc1c(=O)cc(C(=O)OC)[nH]c12. The van der Waals surface area contributed by atoms with Crippen molar-refractivity contribution in [1.29, 1.82) is 0 Å². The number of rotatable bonds is 3. The number of aromatic amines is 2. The first-order valence-corrected chi connectivity index (χ1v) is 9.63.